The predicted octanol–water partition coefficient (Wildman–Crippen LogP) is 2.22. The lowest BCUT2D eigenvalue weighted by molar-refractivity contribution is -0.137. The molecule has 92 valence electrons. The number of aliphatic carboxylic acids is 1. The molecule has 2 rings (SSSR count). The van der Waals surface area contributed by atoms with Crippen LogP contribution in [0.1, 0.15) is 23.6 Å². The Hall–Kier alpha value is -2.30. The highest BCUT2D eigenvalue weighted by Crippen LogP contribution is 2.26. The van der Waals surface area contributed by atoms with Gasteiger partial charge in [-0.25, -0.2) is 14.4 Å². The van der Waals surface area contributed by atoms with Crippen LogP contribution in [0.3, 0.4) is 0 Å². The van der Waals surface area contributed by atoms with E-state index in [4.69, 9.17) is 5.11 Å². The van der Waals surface area contributed by atoms with E-state index in [1.54, 1.807) is 24.4 Å². The average molecular weight is 246 g/mol. The fraction of sp³-hybridized carbons (Fsp3) is 0.154. The zero-order valence-corrected chi connectivity index (χ0v) is 9.45. The summed E-state index contributed by atoms with van der Waals surface area (Å²) in [4.78, 5) is 18.8. The van der Waals surface area contributed by atoms with Crippen LogP contribution >= 0.6 is 0 Å². The smallest absolute Gasteiger partial charge is 0.304 e. The first-order valence-corrected chi connectivity index (χ1v) is 5.40. The number of aromatic nitrogens is 2. The molecule has 0 radical (unpaired) electrons. The molecule has 1 aromatic carbocycles. The summed E-state index contributed by atoms with van der Waals surface area (Å²) in [6, 6.07) is 7.43. The van der Waals surface area contributed by atoms with Gasteiger partial charge in [-0.1, -0.05) is 12.1 Å². The van der Waals surface area contributed by atoms with Gasteiger partial charge in [-0.05, 0) is 23.8 Å². The van der Waals surface area contributed by atoms with Crippen LogP contribution in [0.2, 0.25) is 0 Å². The van der Waals surface area contributed by atoms with Crippen molar-refractivity contribution in [3.05, 3.63) is 59.9 Å². The third kappa shape index (κ3) is 2.88. The molecule has 0 aliphatic rings. The summed E-state index contributed by atoms with van der Waals surface area (Å²) in [5.74, 6) is -1.68. The monoisotopic (exact) mass is 246 g/mol. The molecule has 0 saturated carbocycles. The largest absolute Gasteiger partial charge is 0.481 e. The quantitative estimate of drug-likeness (QED) is 0.898. The van der Waals surface area contributed by atoms with Crippen LogP contribution in [0.15, 0.2) is 42.9 Å². The van der Waals surface area contributed by atoms with Gasteiger partial charge in [0.25, 0.3) is 0 Å². The lowest BCUT2D eigenvalue weighted by Crippen LogP contribution is -2.09. The van der Waals surface area contributed by atoms with Gasteiger partial charge >= 0.3 is 5.97 Å². The maximum absolute atomic E-state index is 12.9. The van der Waals surface area contributed by atoms with E-state index in [2.05, 4.69) is 9.97 Å². The van der Waals surface area contributed by atoms with Gasteiger partial charge in [-0.3, -0.25) is 4.79 Å². The Morgan fingerprint density at radius 3 is 2.56 bits per heavy atom. The molecule has 0 fully saturated rings. The fourth-order valence-corrected chi connectivity index (χ4v) is 1.77. The molecule has 5 heteroatoms. The minimum atomic E-state index is -0.928. The number of hydrogen-bond acceptors (Lipinski definition) is 3. The first-order chi connectivity index (χ1) is 8.66. The molecule has 4 nitrogen and oxygen atoms in total. The number of hydrogen-bond donors (Lipinski definition) is 1. The van der Waals surface area contributed by atoms with Crippen molar-refractivity contribution < 1.29 is 14.3 Å². The van der Waals surface area contributed by atoms with E-state index in [1.807, 2.05) is 0 Å². The number of carboxylic acid groups (broad SMARTS) is 1. The van der Waals surface area contributed by atoms with Gasteiger partial charge in [0.05, 0.1) is 12.1 Å². The van der Waals surface area contributed by atoms with E-state index < -0.39 is 11.9 Å². The summed E-state index contributed by atoms with van der Waals surface area (Å²) in [5.41, 5.74) is 1.33. The van der Waals surface area contributed by atoms with Crippen LogP contribution in [0, 0.1) is 5.82 Å². The van der Waals surface area contributed by atoms with Crippen LogP contribution < -0.4 is 0 Å². The summed E-state index contributed by atoms with van der Waals surface area (Å²) in [6.07, 6.45) is 2.83. The van der Waals surface area contributed by atoms with Crippen molar-refractivity contribution in [1.29, 1.82) is 0 Å². The maximum Gasteiger partial charge on any atom is 0.304 e. The summed E-state index contributed by atoms with van der Waals surface area (Å²) >= 11 is 0. The Balaban J connectivity index is 2.36. The molecular formula is C13H11FN2O2. The van der Waals surface area contributed by atoms with Gasteiger partial charge in [0.1, 0.15) is 12.1 Å². The molecule has 1 aromatic heterocycles. The van der Waals surface area contributed by atoms with Crippen molar-refractivity contribution in [2.75, 3.05) is 0 Å². The highest BCUT2D eigenvalue weighted by molar-refractivity contribution is 5.68. The van der Waals surface area contributed by atoms with Gasteiger partial charge in [-0.2, -0.15) is 0 Å². The minimum absolute atomic E-state index is 0.0946. The number of carbonyl (C=O) groups is 1. The molecule has 18 heavy (non-hydrogen) atoms. The maximum atomic E-state index is 12.9. The Kier molecular flexibility index (Phi) is 3.62. The zero-order chi connectivity index (χ0) is 13.0. The predicted molar refractivity (Wildman–Crippen MR) is 62.5 cm³/mol. The summed E-state index contributed by atoms with van der Waals surface area (Å²) in [7, 11) is 0. The molecule has 1 atom stereocenters. The lowest BCUT2D eigenvalue weighted by Gasteiger charge is -2.14. The third-order valence-corrected chi connectivity index (χ3v) is 2.61. The van der Waals surface area contributed by atoms with Gasteiger partial charge in [0, 0.05) is 12.1 Å². The van der Waals surface area contributed by atoms with Gasteiger partial charge < -0.3 is 5.11 Å². The van der Waals surface area contributed by atoms with Crippen molar-refractivity contribution in [3.63, 3.8) is 0 Å². The average Bonchev–Trinajstić information content (AvgIpc) is 2.38. The normalized spacial score (nSPS) is 12.1. The van der Waals surface area contributed by atoms with Gasteiger partial charge in [0.2, 0.25) is 0 Å². The lowest BCUT2D eigenvalue weighted by atomic mass is 9.92. The molecule has 0 spiro atoms. The second-order valence-electron chi connectivity index (χ2n) is 3.84. The van der Waals surface area contributed by atoms with Crippen molar-refractivity contribution in [2.24, 2.45) is 0 Å². The summed E-state index contributed by atoms with van der Waals surface area (Å²) in [6.45, 7) is 0. The van der Waals surface area contributed by atoms with Crippen molar-refractivity contribution >= 4 is 5.97 Å². The number of carboxylic acids is 1. The second-order valence-corrected chi connectivity index (χ2v) is 3.84. The zero-order valence-electron chi connectivity index (χ0n) is 9.45. The topological polar surface area (TPSA) is 63.1 Å². The van der Waals surface area contributed by atoms with E-state index in [-0.39, 0.29) is 12.2 Å². The summed E-state index contributed by atoms with van der Waals surface area (Å²) in [5, 5.41) is 8.94. The molecule has 0 amide bonds. The van der Waals surface area contributed by atoms with Crippen LogP contribution in [0.4, 0.5) is 4.39 Å². The Morgan fingerprint density at radius 1 is 1.28 bits per heavy atom. The second kappa shape index (κ2) is 5.35. The third-order valence-electron chi connectivity index (χ3n) is 2.61. The molecule has 0 aliphatic carbocycles. The van der Waals surface area contributed by atoms with Crippen molar-refractivity contribution in [2.45, 2.75) is 12.3 Å². The fourth-order valence-electron chi connectivity index (χ4n) is 1.77. The molecule has 1 N–H and O–H groups in total. The highest BCUT2D eigenvalue weighted by Gasteiger charge is 2.19. The molecule has 2 aromatic rings. The van der Waals surface area contributed by atoms with E-state index in [9.17, 15) is 9.18 Å². The molecule has 0 saturated heterocycles. The van der Waals surface area contributed by atoms with Gasteiger partial charge in [-0.15, -0.1) is 0 Å². The van der Waals surface area contributed by atoms with Crippen LogP contribution in [-0.2, 0) is 4.79 Å². The minimum Gasteiger partial charge on any atom is -0.481 e. The number of benzene rings is 1. The molecule has 1 heterocycles. The molecular weight excluding hydrogens is 235 g/mol. The van der Waals surface area contributed by atoms with E-state index in [0.29, 0.717) is 5.69 Å². The van der Waals surface area contributed by atoms with Gasteiger partial charge in [0.15, 0.2) is 0 Å². The Bertz CT molecular complexity index is 528. The van der Waals surface area contributed by atoms with Crippen LogP contribution in [0.25, 0.3) is 0 Å². The van der Waals surface area contributed by atoms with Crippen molar-refractivity contribution in [3.8, 4) is 0 Å². The molecule has 0 aliphatic heterocycles. The number of halogens is 1. The first kappa shape index (κ1) is 12.2. The molecule has 1 unspecified atom stereocenters. The van der Waals surface area contributed by atoms with Crippen molar-refractivity contribution in [1.82, 2.24) is 9.97 Å². The van der Waals surface area contributed by atoms with Crippen LogP contribution in [0.5, 0.6) is 0 Å². The number of nitrogens with zero attached hydrogens (tertiary/aromatic N) is 2. The van der Waals surface area contributed by atoms with E-state index >= 15 is 0 Å². The Labute approximate surface area is 103 Å². The highest BCUT2D eigenvalue weighted by atomic mass is 19.1. The van der Waals surface area contributed by atoms with E-state index in [0.717, 1.165) is 5.56 Å². The van der Waals surface area contributed by atoms with E-state index in [1.165, 1.54) is 18.5 Å². The number of rotatable bonds is 4. The van der Waals surface area contributed by atoms with Crippen LogP contribution in [-0.4, -0.2) is 21.0 Å². The standard InChI is InChI=1S/C13H11FN2O2/c14-10-3-1-9(2-4-10)11(7-13(17)18)12-5-6-15-8-16-12/h1-6,8,11H,7H2,(H,17,18). The molecule has 0 bridgehead atoms. The Morgan fingerprint density at radius 2 is 2.00 bits per heavy atom. The SMILES string of the molecule is O=C(O)CC(c1ccc(F)cc1)c1ccncn1. The summed E-state index contributed by atoms with van der Waals surface area (Å²) < 4.78 is 12.9. The first-order valence-electron chi connectivity index (χ1n) is 5.40.